The van der Waals surface area contributed by atoms with Gasteiger partial charge in [-0.2, -0.15) is 0 Å². The van der Waals surface area contributed by atoms with E-state index in [4.69, 9.17) is 14.2 Å². The molecule has 7 heteroatoms. The molecule has 0 aliphatic carbocycles. The molecule has 0 aromatic heterocycles. The number of carbonyl (C=O) groups is 4. The molecule has 0 bridgehead atoms. The molecule has 0 saturated carbocycles. The maximum absolute atomic E-state index is 12.1. The Balaban J connectivity index is 4.30. The maximum Gasteiger partial charge on any atom is 0.313 e. The predicted molar refractivity (Wildman–Crippen MR) is 137 cm³/mol. The highest BCUT2D eigenvalue weighted by Gasteiger charge is 2.17. The van der Waals surface area contributed by atoms with Crippen LogP contribution in [-0.2, 0) is 33.4 Å². The summed E-state index contributed by atoms with van der Waals surface area (Å²) in [6.07, 6.45) is 13.2. The average Bonchev–Trinajstić information content (AvgIpc) is 2.78. The molecule has 35 heavy (non-hydrogen) atoms. The zero-order valence-corrected chi connectivity index (χ0v) is 22.7. The average molecular weight is 499 g/mol. The van der Waals surface area contributed by atoms with Gasteiger partial charge in [-0.1, -0.05) is 59.3 Å². The van der Waals surface area contributed by atoms with Gasteiger partial charge in [-0.15, -0.1) is 0 Å². The van der Waals surface area contributed by atoms with Gasteiger partial charge in [-0.05, 0) is 57.8 Å². The standard InChI is InChI=1S/C28H50O7/c1-5-8-11-16-24(33-23(4)29)18-14-21-27(31)35-28(32)22-15-19-25(17-12-9-6-2)34-26(30)20-13-10-7-3/h24-25H,5-22H2,1-4H3. The second kappa shape index (κ2) is 22.5. The molecular weight excluding hydrogens is 448 g/mol. The third-order valence-electron chi connectivity index (χ3n) is 5.92. The molecule has 0 aromatic carbocycles. The molecule has 0 radical (unpaired) electrons. The molecule has 0 saturated heterocycles. The molecule has 0 rings (SSSR count). The van der Waals surface area contributed by atoms with Crippen LogP contribution in [0.15, 0.2) is 0 Å². The maximum atomic E-state index is 12.1. The second-order valence-corrected chi connectivity index (χ2v) is 9.42. The lowest BCUT2D eigenvalue weighted by molar-refractivity contribution is -0.159. The fourth-order valence-electron chi connectivity index (χ4n) is 3.94. The highest BCUT2D eigenvalue weighted by Crippen LogP contribution is 2.17. The molecule has 0 aliphatic heterocycles. The molecule has 0 amide bonds. The predicted octanol–water partition coefficient (Wildman–Crippen LogP) is 6.98. The van der Waals surface area contributed by atoms with Crippen molar-refractivity contribution in [3.05, 3.63) is 0 Å². The van der Waals surface area contributed by atoms with Crippen molar-refractivity contribution in [2.75, 3.05) is 0 Å². The van der Waals surface area contributed by atoms with Crippen LogP contribution in [0.2, 0.25) is 0 Å². The number of esters is 4. The van der Waals surface area contributed by atoms with Crippen molar-refractivity contribution in [1.29, 1.82) is 0 Å². The topological polar surface area (TPSA) is 96.0 Å². The minimum Gasteiger partial charge on any atom is -0.463 e. The summed E-state index contributed by atoms with van der Waals surface area (Å²) in [7, 11) is 0. The van der Waals surface area contributed by atoms with Crippen LogP contribution in [0.25, 0.3) is 0 Å². The summed E-state index contributed by atoms with van der Waals surface area (Å²) < 4.78 is 15.9. The van der Waals surface area contributed by atoms with Gasteiger partial charge < -0.3 is 14.2 Å². The fraction of sp³-hybridized carbons (Fsp3) is 0.857. The first-order valence-electron chi connectivity index (χ1n) is 13.9. The molecule has 2 unspecified atom stereocenters. The molecule has 0 fully saturated rings. The van der Waals surface area contributed by atoms with Crippen molar-refractivity contribution in [2.45, 2.75) is 155 Å². The molecule has 0 aromatic rings. The number of hydrogen-bond donors (Lipinski definition) is 0. The molecule has 0 N–H and O–H groups in total. The Bertz CT molecular complexity index is 588. The Morgan fingerprint density at radius 3 is 1.37 bits per heavy atom. The molecule has 204 valence electrons. The summed E-state index contributed by atoms with van der Waals surface area (Å²) in [6.45, 7) is 7.72. The van der Waals surface area contributed by atoms with E-state index in [2.05, 4.69) is 20.8 Å². The summed E-state index contributed by atoms with van der Waals surface area (Å²) >= 11 is 0. The van der Waals surface area contributed by atoms with Crippen LogP contribution in [0, 0.1) is 0 Å². The minimum absolute atomic E-state index is 0.117. The number of hydrogen-bond acceptors (Lipinski definition) is 7. The summed E-state index contributed by atoms with van der Waals surface area (Å²) in [5.41, 5.74) is 0. The molecule has 2 atom stereocenters. The molecule has 0 aliphatic rings. The Morgan fingerprint density at radius 1 is 0.514 bits per heavy atom. The highest BCUT2D eigenvalue weighted by atomic mass is 16.6. The summed E-state index contributed by atoms with van der Waals surface area (Å²) in [4.78, 5) is 47.5. The molecular formula is C28H50O7. The largest absolute Gasteiger partial charge is 0.463 e. The molecule has 7 nitrogen and oxygen atoms in total. The lowest BCUT2D eigenvalue weighted by Gasteiger charge is -2.18. The van der Waals surface area contributed by atoms with Gasteiger partial charge >= 0.3 is 23.9 Å². The van der Waals surface area contributed by atoms with E-state index in [0.29, 0.717) is 32.1 Å². The smallest absolute Gasteiger partial charge is 0.313 e. The van der Waals surface area contributed by atoms with E-state index >= 15 is 0 Å². The van der Waals surface area contributed by atoms with Crippen LogP contribution < -0.4 is 0 Å². The first-order chi connectivity index (χ1) is 16.8. The first kappa shape index (κ1) is 33.1. The fourth-order valence-corrected chi connectivity index (χ4v) is 3.94. The summed E-state index contributed by atoms with van der Waals surface area (Å²) in [6, 6.07) is 0. The van der Waals surface area contributed by atoms with Gasteiger partial charge in [-0.3, -0.25) is 19.2 Å². The van der Waals surface area contributed by atoms with Gasteiger partial charge in [0.1, 0.15) is 12.2 Å². The number of rotatable bonds is 22. The minimum atomic E-state index is -0.549. The van der Waals surface area contributed by atoms with Crippen LogP contribution >= 0.6 is 0 Å². The van der Waals surface area contributed by atoms with Gasteiger partial charge in [0.25, 0.3) is 0 Å². The van der Waals surface area contributed by atoms with E-state index in [1.807, 2.05) is 0 Å². The van der Waals surface area contributed by atoms with Crippen LogP contribution in [0.1, 0.15) is 143 Å². The zero-order valence-electron chi connectivity index (χ0n) is 22.7. The number of unbranched alkanes of at least 4 members (excludes halogenated alkanes) is 6. The normalized spacial score (nSPS) is 12.6. The SMILES string of the molecule is CCCCCC(=O)OC(CCCCC)CCCC(=O)OC(=O)CCCC(CCCCC)OC(C)=O. The van der Waals surface area contributed by atoms with E-state index in [9.17, 15) is 19.2 Å². The van der Waals surface area contributed by atoms with Gasteiger partial charge in [0.15, 0.2) is 0 Å². The third kappa shape index (κ3) is 21.1. The lowest BCUT2D eigenvalue weighted by Crippen LogP contribution is -2.19. The van der Waals surface area contributed by atoms with E-state index in [1.165, 1.54) is 6.92 Å². The van der Waals surface area contributed by atoms with E-state index < -0.39 is 11.9 Å². The van der Waals surface area contributed by atoms with Crippen molar-refractivity contribution in [3.63, 3.8) is 0 Å². The Kier molecular flexibility index (Phi) is 21.3. The third-order valence-corrected chi connectivity index (χ3v) is 5.92. The van der Waals surface area contributed by atoms with E-state index in [-0.39, 0.29) is 37.0 Å². The molecule has 0 heterocycles. The van der Waals surface area contributed by atoms with E-state index in [0.717, 1.165) is 70.6 Å². The Labute approximate surface area is 213 Å². The van der Waals surface area contributed by atoms with Crippen molar-refractivity contribution in [2.24, 2.45) is 0 Å². The van der Waals surface area contributed by atoms with Gasteiger partial charge in [0, 0.05) is 26.2 Å². The van der Waals surface area contributed by atoms with Crippen LogP contribution in [0.5, 0.6) is 0 Å². The highest BCUT2D eigenvalue weighted by molar-refractivity contribution is 5.85. The van der Waals surface area contributed by atoms with Crippen LogP contribution in [0.3, 0.4) is 0 Å². The number of ether oxygens (including phenoxy) is 3. The van der Waals surface area contributed by atoms with Crippen LogP contribution in [-0.4, -0.2) is 36.1 Å². The van der Waals surface area contributed by atoms with Crippen molar-refractivity contribution in [3.8, 4) is 0 Å². The number of carbonyl (C=O) groups excluding carboxylic acids is 4. The monoisotopic (exact) mass is 498 g/mol. The quantitative estimate of drug-likeness (QED) is 0.0687. The van der Waals surface area contributed by atoms with Gasteiger partial charge in [0.2, 0.25) is 0 Å². The van der Waals surface area contributed by atoms with Gasteiger partial charge in [-0.25, -0.2) is 0 Å². The van der Waals surface area contributed by atoms with Gasteiger partial charge in [0.05, 0.1) is 0 Å². The first-order valence-corrected chi connectivity index (χ1v) is 13.9. The van der Waals surface area contributed by atoms with Crippen molar-refractivity contribution in [1.82, 2.24) is 0 Å². The van der Waals surface area contributed by atoms with Crippen molar-refractivity contribution < 1.29 is 33.4 Å². The zero-order chi connectivity index (χ0) is 26.3. The summed E-state index contributed by atoms with van der Waals surface area (Å²) in [5, 5.41) is 0. The molecule has 0 spiro atoms. The van der Waals surface area contributed by atoms with E-state index in [1.54, 1.807) is 0 Å². The van der Waals surface area contributed by atoms with Crippen LogP contribution in [0.4, 0.5) is 0 Å². The Hall–Kier alpha value is -1.92. The summed E-state index contributed by atoms with van der Waals surface area (Å²) in [5.74, 6) is -1.58. The second-order valence-electron chi connectivity index (χ2n) is 9.42. The van der Waals surface area contributed by atoms with Crippen molar-refractivity contribution >= 4 is 23.9 Å². The Morgan fingerprint density at radius 2 is 0.914 bits per heavy atom. The lowest BCUT2D eigenvalue weighted by atomic mass is 10.0.